The molecule has 0 aliphatic rings. The van der Waals surface area contributed by atoms with Gasteiger partial charge in [0.25, 0.3) is 0 Å². The van der Waals surface area contributed by atoms with Gasteiger partial charge < -0.3 is 5.73 Å². The molecule has 0 bridgehead atoms. The van der Waals surface area contributed by atoms with E-state index in [1.807, 2.05) is 0 Å². The molecule has 0 heterocycles. The average molecular weight is 258 g/mol. The number of sulfonamides is 1. The molecule has 2 N–H and O–H groups in total. The zero-order chi connectivity index (χ0) is 13.1. The summed E-state index contributed by atoms with van der Waals surface area (Å²) in [6, 6.07) is 3.48. The Labute approximate surface area is 101 Å². The first-order valence-electron chi connectivity index (χ1n) is 5.09. The van der Waals surface area contributed by atoms with E-state index in [4.69, 9.17) is 5.73 Å². The van der Waals surface area contributed by atoms with Crippen molar-refractivity contribution in [3.63, 3.8) is 0 Å². The first-order valence-corrected chi connectivity index (χ1v) is 6.53. The Morgan fingerprint density at radius 3 is 2.71 bits per heavy atom. The number of benzene rings is 1. The Morgan fingerprint density at radius 2 is 2.18 bits per heavy atom. The van der Waals surface area contributed by atoms with Gasteiger partial charge in [0.05, 0.1) is 0 Å². The summed E-state index contributed by atoms with van der Waals surface area (Å²) >= 11 is 0. The van der Waals surface area contributed by atoms with E-state index in [1.54, 1.807) is 6.92 Å². The minimum atomic E-state index is -3.86. The van der Waals surface area contributed by atoms with Crippen LogP contribution in [-0.2, 0) is 10.0 Å². The fraction of sp³-hybridized carbons (Fsp3) is 0.273. The molecule has 0 aromatic heterocycles. The summed E-state index contributed by atoms with van der Waals surface area (Å²) in [5, 5.41) is 0. The van der Waals surface area contributed by atoms with E-state index < -0.39 is 20.7 Å². The highest BCUT2D eigenvalue weighted by Gasteiger charge is 2.25. The van der Waals surface area contributed by atoms with Crippen molar-refractivity contribution in [2.45, 2.75) is 11.8 Å². The Hall–Kier alpha value is -1.40. The molecule has 0 aliphatic carbocycles. The highest BCUT2D eigenvalue weighted by Crippen LogP contribution is 2.21. The molecule has 0 saturated heterocycles. The number of nitrogens with two attached hydrogens (primary N) is 1. The van der Waals surface area contributed by atoms with Crippen LogP contribution in [0.15, 0.2) is 35.7 Å². The van der Waals surface area contributed by atoms with Gasteiger partial charge in [-0.3, -0.25) is 0 Å². The van der Waals surface area contributed by atoms with E-state index >= 15 is 0 Å². The molecular weight excluding hydrogens is 243 g/mol. The molecule has 17 heavy (non-hydrogen) atoms. The molecule has 0 unspecified atom stereocenters. The topological polar surface area (TPSA) is 63.4 Å². The molecule has 0 aliphatic heterocycles. The molecule has 0 amide bonds. The summed E-state index contributed by atoms with van der Waals surface area (Å²) in [6.07, 6.45) is 1.45. The lowest BCUT2D eigenvalue weighted by molar-refractivity contribution is 0.453. The Balaban J connectivity index is 3.29. The zero-order valence-corrected chi connectivity index (χ0v) is 10.4. The number of anilines is 1. The number of likely N-dealkylation sites (N-methyl/N-ethyl adjacent to an activating group) is 1. The maximum atomic E-state index is 13.5. The molecule has 0 spiro atoms. The van der Waals surface area contributed by atoms with Crippen LogP contribution in [0.2, 0.25) is 0 Å². The third-order valence-corrected chi connectivity index (χ3v) is 4.21. The Bertz CT molecular complexity index is 514. The lowest BCUT2D eigenvalue weighted by Gasteiger charge is -2.19. The largest absolute Gasteiger partial charge is 0.399 e. The molecular formula is C11H15FN2O2S. The quantitative estimate of drug-likeness (QED) is 0.644. The summed E-state index contributed by atoms with van der Waals surface area (Å²) < 4.78 is 38.9. The van der Waals surface area contributed by atoms with Gasteiger partial charge in [0.2, 0.25) is 10.0 Å². The van der Waals surface area contributed by atoms with Gasteiger partial charge in [0.15, 0.2) is 0 Å². The monoisotopic (exact) mass is 258 g/mol. The fourth-order valence-electron chi connectivity index (χ4n) is 1.40. The molecule has 6 heteroatoms. The highest BCUT2D eigenvalue weighted by molar-refractivity contribution is 7.89. The van der Waals surface area contributed by atoms with Gasteiger partial charge in [-0.2, -0.15) is 4.31 Å². The second-order valence-electron chi connectivity index (χ2n) is 3.43. The lowest BCUT2D eigenvalue weighted by atomic mass is 10.3. The first kappa shape index (κ1) is 13.7. The molecule has 0 atom stereocenters. The summed E-state index contributed by atoms with van der Waals surface area (Å²) in [5.41, 5.74) is 5.68. The normalized spacial score (nSPS) is 11.7. The second-order valence-corrected chi connectivity index (χ2v) is 5.34. The minimum absolute atomic E-state index is 0.132. The Morgan fingerprint density at radius 1 is 1.53 bits per heavy atom. The van der Waals surface area contributed by atoms with Crippen molar-refractivity contribution in [1.82, 2.24) is 4.31 Å². The van der Waals surface area contributed by atoms with Crippen LogP contribution in [0.25, 0.3) is 0 Å². The second kappa shape index (κ2) is 5.29. The van der Waals surface area contributed by atoms with Crippen LogP contribution in [0.5, 0.6) is 0 Å². The molecule has 1 rings (SSSR count). The summed E-state index contributed by atoms with van der Waals surface area (Å²) in [6.45, 7) is 5.51. The molecule has 0 saturated carbocycles. The summed E-state index contributed by atoms with van der Waals surface area (Å²) in [5.74, 6) is -0.804. The number of hydrogen-bond acceptors (Lipinski definition) is 3. The van der Waals surface area contributed by atoms with E-state index in [-0.39, 0.29) is 18.8 Å². The van der Waals surface area contributed by atoms with Crippen molar-refractivity contribution >= 4 is 15.7 Å². The van der Waals surface area contributed by atoms with Crippen molar-refractivity contribution in [2.24, 2.45) is 0 Å². The van der Waals surface area contributed by atoms with E-state index in [0.29, 0.717) is 0 Å². The van der Waals surface area contributed by atoms with E-state index in [1.165, 1.54) is 12.1 Å². The number of nitrogen functional groups attached to an aromatic ring is 1. The van der Waals surface area contributed by atoms with Crippen LogP contribution in [0, 0.1) is 5.82 Å². The average Bonchev–Trinajstić information content (AvgIpc) is 2.28. The van der Waals surface area contributed by atoms with Crippen molar-refractivity contribution in [3.05, 3.63) is 36.7 Å². The van der Waals surface area contributed by atoms with E-state index in [0.717, 1.165) is 16.4 Å². The molecule has 0 fully saturated rings. The van der Waals surface area contributed by atoms with Crippen molar-refractivity contribution in [2.75, 3.05) is 18.8 Å². The van der Waals surface area contributed by atoms with Crippen LogP contribution in [0.4, 0.5) is 10.1 Å². The Kier molecular flexibility index (Phi) is 4.25. The third kappa shape index (κ3) is 2.83. The van der Waals surface area contributed by atoms with Crippen LogP contribution >= 0.6 is 0 Å². The van der Waals surface area contributed by atoms with Gasteiger partial charge >= 0.3 is 0 Å². The SMILES string of the molecule is C=CCN(CC)S(=O)(=O)c1cc(N)ccc1F. The van der Waals surface area contributed by atoms with Gasteiger partial charge in [-0.05, 0) is 18.2 Å². The van der Waals surface area contributed by atoms with Gasteiger partial charge in [-0.15, -0.1) is 6.58 Å². The number of nitrogens with zero attached hydrogens (tertiary/aromatic N) is 1. The van der Waals surface area contributed by atoms with Gasteiger partial charge in [0.1, 0.15) is 10.7 Å². The smallest absolute Gasteiger partial charge is 0.246 e. The van der Waals surface area contributed by atoms with Gasteiger partial charge in [-0.25, -0.2) is 12.8 Å². The van der Waals surface area contributed by atoms with Crippen molar-refractivity contribution < 1.29 is 12.8 Å². The van der Waals surface area contributed by atoms with Gasteiger partial charge in [0, 0.05) is 18.8 Å². The third-order valence-electron chi connectivity index (χ3n) is 2.26. The fourth-order valence-corrected chi connectivity index (χ4v) is 2.92. The first-order chi connectivity index (χ1) is 7.93. The molecule has 1 aromatic rings. The highest BCUT2D eigenvalue weighted by atomic mass is 32.2. The maximum absolute atomic E-state index is 13.5. The van der Waals surface area contributed by atoms with Crippen LogP contribution in [0.3, 0.4) is 0 Å². The van der Waals surface area contributed by atoms with Crippen LogP contribution in [-0.4, -0.2) is 25.8 Å². The summed E-state index contributed by atoms with van der Waals surface area (Å²) in [4.78, 5) is -0.402. The molecule has 4 nitrogen and oxygen atoms in total. The lowest BCUT2D eigenvalue weighted by Crippen LogP contribution is -2.31. The number of rotatable bonds is 5. The van der Waals surface area contributed by atoms with Crippen molar-refractivity contribution in [1.29, 1.82) is 0 Å². The van der Waals surface area contributed by atoms with E-state index in [2.05, 4.69) is 6.58 Å². The zero-order valence-electron chi connectivity index (χ0n) is 9.56. The predicted octanol–water partition coefficient (Wildman–Crippen LogP) is 1.60. The minimum Gasteiger partial charge on any atom is -0.399 e. The summed E-state index contributed by atoms with van der Waals surface area (Å²) in [7, 11) is -3.86. The van der Waals surface area contributed by atoms with E-state index in [9.17, 15) is 12.8 Å². The predicted molar refractivity (Wildman–Crippen MR) is 65.4 cm³/mol. The van der Waals surface area contributed by atoms with Crippen LogP contribution in [0.1, 0.15) is 6.92 Å². The molecule has 94 valence electrons. The molecule has 0 radical (unpaired) electrons. The molecule has 1 aromatic carbocycles. The number of hydrogen-bond donors (Lipinski definition) is 1. The standard InChI is InChI=1S/C11H15FN2O2S/c1-3-7-14(4-2)17(15,16)11-8-9(13)5-6-10(11)12/h3,5-6,8H,1,4,7,13H2,2H3. The maximum Gasteiger partial charge on any atom is 0.246 e. The van der Waals surface area contributed by atoms with Crippen LogP contribution < -0.4 is 5.73 Å². The van der Waals surface area contributed by atoms with Gasteiger partial charge in [-0.1, -0.05) is 13.0 Å². The van der Waals surface area contributed by atoms with Crippen molar-refractivity contribution in [3.8, 4) is 0 Å². The number of halogens is 1.